The fourth-order valence-electron chi connectivity index (χ4n) is 0. The van der Waals surface area contributed by atoms with Gasteiger partial charge < -0.3 is 0 Å². The molecule has 0 spiro atoms. The smallest absolute Gasteiger partial charge is 0.0252 e. The van der Waals surface area contributed by atoms with Crippen molar-refractivity contribution < 1.29 is 0 Å². The third-order valence-electron chi connectivity index (χ3n) is 0.118. The summed E-state index contributed by atoms with van der Waals surface area (Å²) in [5.74, 6) is 1.68. The molecule has 22 valence electrons. The van der Waals surface area contributed by atoms with Gasteiger partial charge in [-0.25, -0.2) is 0 Å². The Balaban J connectivity index is 3.11. The molecule has 0 amide bonds. The summed E-state index contributed by atoms with van der Waals surface area (Å²) in [6, 6.07) is 0. The second-order valence-electron chi connectivity index (χ2n) is 0.371. The lowest BCUT2D eigenvalue weighted by molar-refractivity contribution is 2.45. The van der Waals surface area contributed by atoms with Gasteiger partial charge in [0.25, 0.3) is 0 Å². The molecule has 0 bridgehead atoms. The quantitative estimate of drug-likeness (QED) is 0.297. The summed E-state index contributed by atoms with van der Waals surface area (Å²) < 4.78 is 0. The standard InChI is InChI=1S/C3H5P/c1-2-3-4/h3H,1,4H2. The molecule has 0 nitrogen and oxygen atoms in total. The van der Waals surface area contributed by atoms with Gasteiger partial charge in [0.1, 0.15) is 0 Å². The van der Waals surface area contributed by atoms with Crippen LogP contribution in [-0.2, 0) is 0 Å². The molecule has 0 radical (unpaired) electrons. The lowest BCUT2D eigenvalue weighted by Gasteiger charge is -1.38. The molecule has 0 rings (SSSR count). The van der Waals surface area contributed by atoms with Gasteiger partial charge in [0.2, 0.25) is 0 Å². The van der Waals surface area contributed by atoms with E-state index in [1.54, 1.807) is 5.82 Å². The molecule has 0 aromatic rings. The van der Waals surface area contributed by atoms with Crippen LogP contribution in [0.15, 0.2) is 18.1 Å². The minimum Gasteiger partial charge on any atom is -0.129 e. The van der Waals surface area contributed by atoms with Crippen molar-refractivity contribution in [2.75, 3.05) is 0 Å². The highest BCUT2D eigenvalue weighted by Crippen LogP contribution is 1.72. The zero-order valence-electron chi connectivity index (χ0n) is 2.36. The Morgan fingerprint density at radius 2 is 2.25 bits per heavy atom. The molecule has 0 aliphatic heterocycles. The highest BCUT2D eigenvalue weighted by Gasteiger charge is 1.24. The molecule has 1 atom stereocenters. The predicted octanol–water partition coefficient (Wildman–Crippen LogP) is 1.16. The van der Waals surface area contributed by atoms with Crippen molar-refractivity contribution in [1.29, 1.82) is 0 Å². The van der Waals surface area contributed by atoms with E-state index in [9.17, 15) is 0 Å². The van der Waals surface area contributed by atoms with Gasteiger partial charge in [-0.15, -0.1) is 15.0 Å². The summed E-state index contributed by atoms with van der Waals surface area (Å²) in [5.41, 5.74) is 2.52. The average Bonchev–Trinajstić information content (AvgIpc) is 1.37. The molecule has 0 fully saturated rings. The Morgan fingerprint density at radius 1 is 2.00 bits per heavy atom. The van der Waals surface area contributed by atoms with Crippen LogP contribution in [0, 0.1) is 0 Å². The van der Waals surface area contributed by atoms with Crippen molar-refractivity contribution in [1.82, 2.24) is 0 Å². The van der Waals surface area contributed by atoms with Crippen LogP contribution in [0.3, 0.4) is 0 Å². The zero-order valence-corrected chi connectivity index (χ0v) is 3.52. The lowest BCUT2D eigenvalue weighted by atomic mass is 11.0. The Hall–Kier alpha value is -0.0500. The van der Waals surface area contributed by atoms with Gasteiger partial charge >= 0.3 is 0 Å². The first kappa shape index (κ1) is 3.95. The summed E-state index contributed by atoms with van der Waals surface area (Å²) in [5, 5.41) is 0. The van der Waals surface area contributed by atoms with Crippen molar-refractivity contribution in [3.8, 4) is 0 Å². The van der Waals surface area contributed by atoms with Crippen molar-refractivity contribution >= 4 is 9.24 Å². The highest BCUT2D eigenvalue weighted by atomic mass is 31.0. The van der Waals surface area contributed by atoms with Crippen molar-refractivity contribution in [2.45, 2.75) is 0 Å². The van der Waals surface area contributed by atoms with Crippen LogP contribution < -0.4 is 0 Å². The minimum atomic E-state index is 1.68. The molecule has 0 saturated heterocycles. The summed E-state index contributed by atoms with van der Waals surface area (Å²) in [4.78, 5) is 0. The second kappa shape index (κ2) is 2.95. The fourth-order valence-corrected chi connectivity index (χ4v) is 0. The van der Waals surface area contributed by atoms with Crippen LogP contribution in [0.1, 0.15) is 0 Å². The van der Waals surface area contributed by atoms with Gasteiger partial charge in [0.15, 0.2) is 0 Å². The second-order valence-corrected chi connectivity index (χ2v) is 0.704. The van der Waals surface area contributed by atoms with E-state index in [0.29, 0.717) is 0 Å². The van der Waals surface area contributed by atoms with E-state index in [2.05, 4.69) is 21.5 Å². The molecule has 0 aromatic carbocycles. The Labute approximate surface area is 28.4 Å². The number of hydrogen-bond donors (Lipinski definition) is 0. The molecular weight excluding hydrogens is 67.0 g/mol. The van der Waals surface area contributed by atoms with Gasteiger partial charge in [-0.05, 0) is 5.82 Å². The molecule has 0 saturated carbocycles. The van der Waals surface area contributed by atoms with E-state index >= 15 is 0 Å². The van der Waals surface area contributed by atoms with Crippen molar-refractivity contribution in [3.05, 3.63) is 18.1 Å². The fraction of sp³-hybridized carbons (Fsp3) is 0. The SMILES string of the molecule is C=C=CP. The molecular formula is C3H5P. The van der Waals surface area contributed by atoms with Crippen LogP contribution in [0.4, 0.5) is 0 Å². The summed E-state index contributed by atoms with van der Waals surface area (Å²) in [7, 11) is 2.36. The third kappa shape index (κ3) is 1.95. The van der Waals surface area contributed by atoms with Crippen molar-refractivity contribution in [3.63, 3.8) is 0 Å². The highest BCUT2D eigenvalue weighted by molar-refractivity contribution is 7.20. The molecule has 1 heteroatoms. The normalized spacial score (nSPS) is 4.25. The maximum absolute atomic E-state index is 3.28. The minimum absolute atomic E-state index is 1.68. The number of rotatable bonds is 0. The first-order chi connectivity index (χ1) is 1.91. The topological polar surface area (TPSA) is 0 Å². The van der Waals surface area contributed by atoms with Crippen LogP contribution in [-0.4, -0.2) is 0 Å². The third-order valence-corrected chi connectivity index (χ3v) is 0.354. The zero-order chi connectivity index (χ0) is 3.41. The molecule has 4 heavy (non-hydrogen) atoms. The van der Waals surface area contributed by atoms with Gasteiger partial charge in [-0.1, -0.05) is 6.58 Å². The molecule has 1 unspecified atom stereocenters. The Bertz CT molecular complexity index is 41.2. The van der Waals surface area contributed by atoms with E-state index in [0.717, 1.165) is 0 Å². The van der Waals surface area contributed by atoms with Crippen LogP contribution in [0.25, 0.3) is 0 Å². The Kier molecular flexibility index (Phi) is 2.91. The van der Waals surface area contributed by atoms with E-state index in [4.69, 9.17) is 0 Å². The average molecular weight is 72.0 g/mol. The van der Waals surface area contributed by atoms with E-state index < -0.39 is 0 Å². The Morgan fingerprint density at radius 3 is 2.25 bits per heavy atom. The summed E-state index contributed by atoms with van der Waals surface area (Å²) in [6.45, 7) is 3.28. The van der Waals surface area contributed by atoms with Crippen molar-refractivity contribution in [2.24, 2.45) is 0 Å². The largest absolute Gasteiger partial charge is 0.129 e. The molecule has 0 aromatic heterocycles. The monoisotopic (exact) mass is 72.0 g/mol. The van der Waals surface area contributed by atoms with Crippen LogP contribution in [0.5, 0.6) is 0 Å². The number of hydrogen-bond acceptors (Lipinski definition) is 0. The first-order valence-corrected chi connectivity index (χ1v) is 1.64. The van der Waals surface area contributed by atoms with E-state index in [1.807, 2.05) is 0 Å². The molecule has 0 heterocycles. The molecule has 0 aliphatic rings. The summed E-state index contributed by atoms with van der Waals surface area (Å²) >= 11 is 0. The van der Waals surface area contributed by atoms with Gasteiger partial charge in [0.05, 0.1) is 0 Å². The molecule has 0 N–H and O–H groups in total. The van der Waals surface area contributed by atoms with E-state index in [-0.39, 0.29) is 0 Å². The van der Waals surface area contributed by atoms with Gasteiger partial charge in [-0.3, -0.25) is 0 Å². The first-order valence-electron chi connectivity index (χ1n) is 0.976. The van der Waals surface area contributed by atoms with Crippen LogP contribution in [0.2, 0.25) is 0 Å². The molecule has 0 aliphatic carbocycles. The maximum Gasteiger partial charge on any atom is -0.0252 e. The predicted molar refractivity (Wildman–Crippen MR) is 23.4 cm³/mol. The summed E-state index contributed by atoms with van der Waals surface area (Å²) in [6.07, 6.45) is 0. The van der Waals surface area contributed by atoms with Gasteiger partial charge in [-0.2, -0.15) is 0 Å². The van der Waals surface area contributed by atoms with Gasteiger partial charge in [0, 0.05) is 0 Å². The maximum atomic E-state index is 3.28. The lowest BCUT2D eigenvalue weighted by Crippen LogP contribution is -1.03. The van der Waals surface area contributed by atoms with Crippen LogP contribution >= 0.6 is 9.24 Å². The van der Waals surface area contributed by atoms with E-state index in [1.165, 1.54) is 0 Å².